The summed E-state index contributed by atoms with van der Waals surface area (Å²) in [4.78, 5) is 54.1. The zero-order valence-corrected chi connectivity index (χ0v) is 17.8. The Hall–Kier alpha value is -3.56. The van der Waals surface area contributed by atoms with E-state index in [1.807, 2.05) is 24.3 Å². The second-order valence-electron chi connectivity index (χ2n) is 7.75. The molecule has 1 aromatic heterocycles. The van der Waals surface area contributed by atoms with E-state index in [0.717, 1.165) is 16.0 Å². The van der Waals surface area contributed by atoms with Crippen molar-refractivity contribution in [1.29, 1.82) is 0 Å². The molecule has 0 bridgehead atoms. The lowest BCUT2D eigenvalue weighted by molar-refractivity contribution is -0.133. The zero-order chi connectivity index (χ0) is 22.3. The highest BCUT2D eigenvalue weighted by molar-refractivity contribution is 6.04. The van der Waals surface area contributed by atoms with Crippen molar-refractivity contribution in [2.45, 2.75) is 12.3 Å². The molecule has 0 saturated carbocycles. The van der Waals surface area contributed by atoms with Gasteiger partial charge in [-0.05, 0) is 12.1 Å². The molecule has 1 N–H and O–H groups in total. The van der Waals surface area contributed by atoms with Crippen LogP contribution >= 0.6 is 0 Å². The molecule has 1 aromatic carbocycles. The molecule has 0 unspecified atom stereocenters. The molecular formula is C21H25N5O5. The lowest BCUT2D eigenvalue weighted by atomic mass is 9.98. The number of carbonyl (C=O) groups is 2. The fourth-order valence-electron chi connectivity index (χ4n) is 4.26. The smallest absolute Gasteiger partial charge is 0.332 e. The Bertz CT molecular complexity index is 1160. The number of anilines is 2. The van der Waals surface area contributed by atoms with Gasteiger partial charge in [-0.3, -0.25) is 23.5 Å². The Morgan fingerprint density at radius 1 is 1.06 bits per heavy atom. The Labute approximate surface area is 178 Å². The average molecular weight is 427 g/mol. The Morgan fingerprint density at radius 3 is 2.42 bits per heavy atom. The summed E-state index contributed by atoms with van der Waals surface area (Å²) < 4.78 is 7.61. The maximum atomic E-state index is 12.9. The van der Waals surface area contributed by atoms with Crippen molar-refractivity contribution in [3.05, 3.63) is 50.7 Å². The van der Waals surface area contributed by atoms with Gasteiger partial charge in [-0.1, -0.05) is 12.1 Å². The van der Waals surface area contributed by atoms with Crippen LogP contribution < -0.4 is 26.2 Å². The quantitative estimate of drug-likeness (QED) is 0.729. The Morgan fingerprint density at radius 2 is 1.74 bits per heavy atom. The molecule has 2 aromatic rings. The lowest BCUT2D eigenvalue weighted by Gasteiger charge is -2.37. The highest BCUT2D eigenvalue weighted by atomic mass is 16.5. The largest absolute Gasteiger partial charge is 0.495 e. The predicted molar refractivity (Wildman–Crippen MR) is 115 cm³/mol. The van der Waals surface area contributed by atoms with E-state index in [-0.39, 0.29) is 23.7 Å². The standard InChI is InChI=1S/C21H25N5O5/c1-23-18-17(20(29)24(2)21(23)30)13(19(28)22-18)12-16(27)26-10-8-25(9-11-26)14-6-4-5-7-15(14)31-3/h4-7,13H,8-12H2,1-3H3,(H,22,28)/t13-/m0/s1. The Kier molecular flexibility index (Phi) is 5.30. The first kappa shape index (κ1) is 20.7. The van der Waals surface area contributed by atoms with E-state index in [0.29, 0.717) is 26.2 Å². The molecule has 2 amide bonds. The molecule has 1 atom stereocenters. The van der Waals surface area contributed by atoms with Gasteiger partial charge in [-0.2, -0.15) is 0 Å². The summed E-state index contributed by atoms with van der Waals surface area (Å²) in [5, 5.41) is 2.59. The van der Waals surface area contributed by atoms with E-state index in [2.05, 4.69) is 10.2 Å². The van der Waals surface area contributed by atoms with Gasteiger partial charge in [-0.15, -0.1) is 0 Å². The minimum Gasteiger partial charge on any atom is -0.495 e. The lowest BCUT2D eigenvalue weighted by Crippen LogP contribution is -2.49. The van der Waals surface area contributed by atoms with E-state index < -0.39 is 23.1 Å². The zero-order valence-electron chi connectivity index (χ0n) is 17.8. The average Bonchev–Trinajstić information content (AvgIpc) is 3.12. The molecule has 3 heterocycles. The van der Waals surface area contributed by atoms with Gasteiger partial charge in [0, 0.05) is 46.7 Å². The van der Waals surface area contributed by atoms with E-state index in [9.17, 15) is 19.2 Å². The van der Waals surface area contributed by atoms with E-state index >= 15 is 0 Å². The molecule has 0 radical (unpaired) electrons. The summed E-state index contributed by atoms with van der Waals surface area (Å²) in [7, 11) is 4.48. The third-order valence-corrected chi connectivity index (χ3v) is 6.04. The van der Waals surface area contributed by atoms with Gasteiger partial charge in [0.25, 0.3) is 5.56 Å². The SMILES string of the molecule is COc1ccccc1N1CCN(C(=O)C[C@@H]2C(=O)Nc3c2c(=O)n(C)c(=O)n3C)CC1. The fourth-order valence-corrected chi connectivity index (χ4v) is 4.26. The van der Waals surface area contributed by atoms with Crippen LogP contribution in [0, 0.1) is 0 Å². The molecule has 10 nitrogen and oxygen atoms in total. The molecule has 31 heavy (non-hydrogen) atoms. The van der Waals surface area contributed by atoms with Crippen molar-refractivity contribution in [1.82, 2.24) is 14.0 Å². The van der Waals surface area contributed by atoms with Gasteiger partial charge in [0.15, 0.2) is 0 Å². The summed E-state index contributed by atoms with van der Waals surface area (Å²) in [5.74, 6) is -0.571. The minimum atomic E-state index is -0.903. The van der Waals surface area contributed by atoms with Crippen molar-refractivity contribution >= 4 is 23.3 Å². The Balaban J connectivity index is 1.48. The van der Waals surface area contributed by atoms with Gasteiger partial charge < -0.3 is 19.9 Å². The maximum Gasteiger partial charge on any atom is 0.332 e. The number of rotatable bonds is 4. The third-order valence-electron chi connectivity index (χ3n) is 6.04. The van der Waals surface area contributed by atoms with Gasteiger partial charge in [0.05, 0.1) is 24.3 Å². The van der Waals surface area contributed by atoms with E-state index in [1.165, 1.54) is 18.7 Å². The first-order valence-corrected chi connectivity index (χ1v) is 10.1. The van der Waals surface area contributed by atoms with Crippen LogP contribution in [0.2, 0.25) is 0 Å². The molecule has 2 aliphatic rings. The summed E-state index contributed by atoms with van der Waals surface area (Å²) in [6.07, 6.45) is -0.110. The van der Waals surface area contributed by atoms with Crippen LogP contribution in [0.1, 0.15) is 17.9 Å². The third kappa shape index (κ3) is 3.47. The highest BCUT2D eigenvalue weighted by Crippen LogP contribution is 2.32. The van der Waals surface area contributed by atoms with Crippen LogP contribution in [0.25, 0.3) is 0 Å². The molecule has 2 aliphatic heterocycles. The normalized spacial score (nSPS) is 18.0. The van der Waals surface area contributed by atoms with Crippen LogP contribution in [-0.4, -0.2) is 59.1 Å². The van der Waals surface area contributed by atoms with Gasteiger partial charge in [0.2, 0.25) is 11.8 Å². The van der Waals surface area contributed by atoms with Crippen LogP contribution in [0.4, 0.5) is 11.5 Å². The van der Waals surface area contributed by atoms with E-state index in [4.69, 9.17) is 4.74 Å². The number of hydrogen-bond donors (Lipinski definition) is 1. The second kappa shape index (κ2) is 7.93. The van der Waals surface area contributed by atoms with Gasteiger partial charge >= 0.3 is 5.69 Å². The number of amides is 2. The number of hydrogen-bond acceptors (Lipinski definition) is 6. The molecule has 1 saturated heterocycles. The molecule has 4 rings (SSSR count). The molecule has 10 heteroatoms. The van der Waals surface area contributed by atoms with Gasteiger partial charge in [-0.25, -0.2) is 4.79 Å². The molecule has 1 fully saturated rings. The summed E-state index contributed by atoms with van der Waals surface area (Å²) in [6.45, 7) is 2.28. The minimum absolute atomic E-state index is 0.110. The summed E-state index contributed by atoms with van der Waals surface area (Å²) in [5.41, 5.74) is 0.0833. The summed E-state index contributed by atoms with van der Waals surface area (Å²) in [6, 6.07) is 7.74. The number of ether oxygens (including phenoxy) is 1. The number of methoxy groups -OCH3 is 1. The van der Waals surface area contributed by atoms with Crippen molar-refractivity contribution < 1.29 is 14.3 Å². The van der Waals surface area contributed by atoms with Crippen molar-refractivity contribution in [3.63, 3.8) is 0 Å². The number of nitrogens with zero attached hydrogens (tertiary/aromatic N) is 4. The molecule has 0 spiro atoms. The predicted octanol–water partition coefficient (Wildman–Crippen LogP) is -0.133. The topological polar surface area (TPSA) is 106 Å². The number of piperazine rings is 1. The van der Waals surface area contributed by atoms with Crippen molar-refractivity contribution in [2.24, 2.45) is 14.1 Å². The number of fused-ring (bicyclic) bond motifs is 1. The highest BCUT2D eigenvalue weighted by Gasteiger charge is 2.38. The second-order valence-corrected chi connectivity index (χ2v) is 7.75. The number of aromatic nitrogens is 2. The van der Waals surface area contributed by atoms with Crippen molar-refractivity contribution in [3.8, 4) is 5.75 Å². The van der Waals surface area contributed by atoms with Crippen LogP contribution in [0.15, 0.2) is 33.9 Å². The first-order valence-electron chi connectivity index (χ1n) is 10.1. The number of benzene rings is 1. The monoisotopic (exact) mass is 427 g/mol. The van der Waals surface area contributed by atoms with Gasteiger partial charge in [0.1, 0.15) is 11.6 Å². The fraction of sp³-hybridized carbons (Fsp3) is 0.429. The molecular weight excluding hydrogens is 402 g/mol. The first-order chi connectivity index (χ1) is 14.8. The molecule has 164 valence electrons. The number of nitrogens with one attached hydrogen (secondary N) is 1. The number of para-hydroxylation sites is 2. The van der Waals surface area contributed by atoms with Crippen molar-refractivity contribution in [2.75, 3.05) is 43.5 Å². The maximum absolute atomic E-state index is 12.9. The van der Waals surface area contributed by atoms with E-state index in [1.54, 1.807) is 12.0 Å². The summed E-state index contributed by atoms with van der Waals surface area (Å²) >= 11 is 0. The van der Waals surface area contributed by atoms with Crippen LogP contribution in [0.3, 0.4) is 0 Å². The molecule has 0 aliphatic carbocycles. The van der Waals surface area contributed by atoms with Crippen LogP contribution in [-0.2, 0) is 23.7 Å². The van der Waals surface area contributed by atoms with Crippen LogP contribution in [0.5, 0.6) is 5.75 Å². The number of carbonyl (C=O) groups excluding carboxylic acids is 2.